The van der Waals surface area contributed by atoms with E-state index in [0.717, 1.165) is 16.2 Å². The quantitative estimate of drug-likeness (QED) is 0.723. The van der Waals surface area contributed by atoms with Crippen LogP contribution in [0.4, 0.5) is 18.6 Å². The van der Waals surface area contributed by atoms with Crippen LogP contribution in [0.15, 0.2) is 11.4 Å². The summed E-state index contributed by atoms with van der Waals surface area (Å²) in [4.78, 5) is 25.4. The lowest BCUT2D eigenvalue weighted by atomic mass is 10.2. The van der Waals surface area contributed by atoms with Crippen LogP contribution in [-0.4, -0.2) is 29.8 Å². The summed E-state index contributed by atoms with van der Waals surface area (Å²) in [7, 11) is 0. The van der Waals surface area contributed by atoms with Crippen LogP contribution in [0.2, 0.25) is 0 Å². The summed E-state index contributed by atoms with van der Waals surface area (Å²) in [5.41, 5.74) is -1.72. The Labute approximate surface area is 144 Å². The highest BCUT2D eigenvalue weighted by molar-refractivity contribution is 7.14. The minimum atomic E-state index is -2.66. The van der Waals surface area contributed by atoms with Gasteiger partial charge in [-0.2, -0.15) is 0 Å². The Kier molecular flexibility index (Phi) is 6.32. The number of hydrogen-bond donors (Lipinski definition) is 0. The molecule has 136 valence electrons. The number of esters is 1. The molecule has 24 heavy (non-hydrogen) atoms. The monoisotopic (exact) mass is 363 g/mol. The zero-order chi connectivity index (χ0) is 18.7. The molecule has 0 aromatic carbocycles. The van der Waals surface area contributed by atoms with Crippen molar-refractivity contribution in [2.45, 2.75) is 59.2 Å². The number of nitrogens with zero attached hydrogens (tertiary/aromatic N) is 1. The van der Waals surface area contributed by atoms with E-state index in [2.05, 4.69) is 0 Å². The van der Waals surface area contributed by atoms with Gasteiger partial charge in [-0.15, -0.1) is 11.3 Å². The zero-order valence-corrected chi connectivity index (χ0v) is 15.5. The van der Waals surface area contributed by atoms with Gasteiger partial charge in [0.1, 0.15) is 22.7 Å². The molecule has 0 aliphatic heterocycles. The molecule has 0 saturated heterocycles. The number of halogens is 2. The topological polar surface area (TPSA) is 55.8 Å². The highest BCUT2D eigenvalue weighted by Gasteiger charge is 2.29. The van der Waals surface area contributed by atoms with Gasteiger partial charge in [0, 0.05) is 10.9 Å². The van der Waals surface area contributed by atoms with E-state index >= 15 is 0 Å². The molecule has 1 amide bonds. The summed E-state index contributed by atoms with van der Waals surface area (Å²) in [5, 5.41) is 1.44. The van der Waals surface area contributed by atoms with E-state index in [4.69, 9.17) is 9.47 Å². The number of carbonyl (C=O) groups excluding carboxylic acids is 2. The third-order valence-corrected chi connectivity index (χ3v) is 3.41. The Morgan fingerprint density at radius 3 is 2.08 bits per heavy atom. The minimum absolute atomic E-state index is 0.199. The van der Waals surface area contributed by atoms with Crippen LogP contribution in [0, 0.1) is 0 Å². The highest BCUT2D eigenvalue weighted by Crippen LogP contribution is 2.31. The predicted octanol–water partition coefficient (Wildman–Crippen LogP) is 4.77. The molecule has 0 bridgehead atoms. The van der Waals surface area contributed by atoms with Crippen LogP contribution < -0.4 is 4.90 Å². The first-order valence-corrected chi connectivity index (χ1v) is 8.25. The van der Waals surface area contributed by atoms with Crippen LogP contribution in [0.1, 0.15) is 53.5 Å². The van der Waals surface area contributed by atoms with E-state index in [1.165, 1.54) is 11.4 Å². The Morgan fingerprint density at radius 2 is 1.67 bits per heavy atom. The van der Waals surface area contributed by atoms with E-state index in [0.29, 0.717) is 0 Å². The van der Waals surface area contributed by atoms with Crippen LogP contribution in [-0.2, 0) is 14.3 Å². The molecule has 0 fully saturated rings. The van der Waals surface area contributed by atoms with Gasteiger partial charge < -0.3 is 9.47 Å². The molecule has 1 aromatic rings. The van der Waals surface area contributed by atoms with Crippen molar-refractivity contribution in [3.05, 3.63) is 17.0 Å². The van der Waals surface area contributed by atoms with Gasteiger partial charge in [-0.1, -0.05) is 0 Å². The molecule has 5 nitrogen and oxygen atoms in total. The van der Waals surface area contributed by atoms with Gasteiger partial charge in [-0.3, -0.25) is 9.69 Å². The molecule has 1 aromatic heterocycles. The Hall–Kier alpha value is -1.70. The second kappa shape index (κ2) is 7.46. The number of anilines is 1. The van der Waals surface area contributed by atoms with Crippen molar-refractivity contribution in [3.8, 4) is 0 Å². The van der Waals surface area contributed by atoms with Gasteiger partial charge in [-0.05, 0) is 47.6 Å². The van der Waals surface area contributed by atoms with E-state index in [9.17, 15) is 18.4 Å². The van der Waals surface area contributed by atoms with E-state index in [1.807, 2.05) is 0 Å². The fourth-order valence-corrected chi connectivity index (χ4v) is 2.55. The van der Waals surface area contributed by atoms with Gasteiger partial charge in [0.15, 0.2) is 0 Å². The molecule has 0 unspecified atom stereocenters. The molecule has 0 spiro atoms. The molecule has 8 heteroatoms. The van der Waals surface area contributed by atoms with Crippen molar-refractivity contribution < 1.29 is 27.8 Å². The van der Waals surface area contributed by atoms with Gasteiger partial charge in [0.05, 0.1) is 0 Å². The maximum atomic E-state index is 12.8. The standard InChI is InChI=1S/C16H23F2NO4S/c1-15(2,3)22-12(20)8-19(14(21)23-16(4,5)6)11-7-10(9-24-11)13(17)18/h7,9,13H,8H2,1-6H3. The summed E-state index contributed by atoms with van der Waals surface area (Å²) in [6.45, 7) is 9.70. The lowest BCUT2D eigenvalue weighted by Crippen LogP contribution is -2.41. The highest BCUT2D eigenvalue weighted by atomic mass is 32.1. The van der Waals surface area contributed by atoms with Crippen molar-refractivity contribution in [3.63, 3.8) is 0 Å². The van der Waals surface area contributed by atoms with Crippen LogP contribution in [0.25, 0.3) is 0 Å². The number of thiophene rings is 1. The number of carbonyl (C=O) groups is 2. The van der Waals surface area contributed by atoms with Gasteiger partial charge in [0.2, 0.25) is 0 Å². The molecule has 1 heterocycles. The molecule has 0 atom stereocenters. The average molecular weight is 363 g/mol. The summed E-state index contributed by atoms with van der Waals surface area (Å²) < 4.78 is 36.0. The first kappa shape index (κ1) is 20.3. The second-order valence-electron chi connectivity index (χ2n) is 7.17. The first-order chi connectivity index (χ1) is 10.8. The zero-order valence-electron chi connectivity index (χ0n) is 14.7. The SMILES string of the molecule is CC(C)(C)OC(=O)CN(C(=O)OC(C)(C)C)c1cc(C(F)F)cs1. The van der Waals surface area contributed by atoms with Crippen LogP contribution >= 0.6 is 11.3 Å². The number of alkyl halides is 2. The van der Waals surface area contributed by atoms with Gasteiger partial charge in [-0.25, -0.2) is 13.6 Å². The Morgan fingerprint density at radius 1 is 1.12 bits per heavy atom. The van der Waals surface area contributed by atoms with E-state index < -0.39 is 36.2 Å². The maximum absolute atomic E-state index is 12.8. The smallest absolute Gasteiger partial charge is 0.415 e. The van der Waals surface area contributed by atoms with E-state index in [1.54, 1.807) is 41.5 Å². The molecule has 0 aliphatic carbocycles. The van der Waals surface area contributed by atoms with Crippen molar-refractivity contribution in [1.29, 1.82) is 0 Å². The largest absolute Gasteiger partial charge is 0.459 e. The minimum Gasteiger partial charge on any atom is -0.459 e. The normalized spacial score (nSPS) is 12.2. The molecular weight excluding hydrogens is 340 g/mol. The van der Waals surface area contributed by atoms with E-state index in [-0.39, 0.29) is 10.6 Å². The fraction of sp³-hybridized carbons (Fsp3) is 0.625. The van der Waals surface area contributed by atoms with Crippen LogP contribution in [0.5, 0.6) is 0 Å². The van der Waals surface area contributed by atoms with Gasteiger partial charge >= 0.3 is 12.1 Å². The summed E-state index contributed by atoms with van der Waals surface area (Å²) >= 11 is 0.938. The summed E-state index contributed by atoms with van der Waals surface area (Å²) in [6.07, 6.45) is -3.45. The number of ether oxygens (including phenoxy) is 2. The number of hydrogen-bond acceptors (Lipinski definition) is 5. The Bertz CT molecular complexity index is 588. The summed E-state index contributed by atoms with van der Waals surface area (Å²) in [6, 6.07) is 1.17. The summed E-state index contributed by atoms with van der Waals surface area (Å²) in [5.74, 6) is -0.652. The number of amides is 1. The van der Waals surface area contributed by atoms with Crippen molar-refractivity contribution in [2.24, 2.45) is 0 Å². The fourth-order valence-electron chi connectivity index (χ4n) is 1.65. The lowest BCUT2D eigenvalue weighted by Gasteiger charge is -2.27. The maximum Gasteiger partial charge on any atom is 0.415 e. The first-order valence-electron chi connectivity index (χ1n) is 7.37. The molecule has 0 aliphatic rings. The Balaban J connectivity index is 3.02. The molecular formula is C16H23F2NO4S. The predicted molar refractivity (Wildman–Crippen MR) is 88.7 cm³/mol. The molecule has 0 radical (unpaired) electrons. The molecule has 1 rings (SSSR count). The second-order valence-corrected chi connectivity index (χ2v) is 8.06. The third-order valence-electron chi connectivity index (χ3n) is 2.45. The van der Waals surface area contributed by atoms with Crippen molar-refractivity contribution in [1.82, 2.24) is 0 Å². The van der Waals surface area contributed by atoms with Crippen LogP contribution in [0.3, 0.4) is 0 Å². The van der Waals surface area contributed by atoms with Crippen molar-refractivity contribution in [2.75, 3.05) is 11.4 Å². The molecule has 0 saturated carbocycles. The average Bonchev–Trinajstić information content (AvgIpc) is 2.80. The van der Waals surface area contributed by atoms with Gasteiger partial charge in [0.25, 0.3) is 6.43 Å². The lowest BCUT2D eigenvalue weighted by molar-refractivity contribution is -0.153. The number of rotatable bonds is 4. The third kappa shape index (κ3) is 6.82. The van der Waals surface area contributed by atoms with Crippen molar-refractivity contribution >= 4 is 28.4 Å². The molecule has 0 N–H and O–H groups in total.